The minimum atomic E-state index is -4.18. The lowest BCUT2D eigenvalue weighted by atomic mass is 10.2. The van der Waals surface area contributed by atoms with Gasteiger partial charge in [0.15, 0.2) is 11.5 Å². The standard InChI is InChI=1S/C16H15NO7S/c1-10(18)17-12-4-6-13(7-5-12)25(21,22)24-14-8-3-11(16(19)20)9-15(14)23-2/h3-9H,1-2H3,(H,17,18)(H,19,20)/p-1. The normalized spacial score (nSPS) is 10.8. The number of nitrogens with one attached hydrogen (secondary N) is 1. The van der Waals surface area contributed by atoms with E-state index in [1.165, 1.54) is 38.3 Å². The summed E-state index contributed by atoms with van der Waals surface area (Å²) in [4.78, 5) is 21.7. The van der Waals surface area contributed by atoms with Crippen LogP contribution in [0.15, 0.2) is 47.4 Å². The summed E-state index contributed by atoms with van der Waals surface area (Å²) < 4.78 is 34.6. The second-order valence-corrected chi connectivity index (χ2v) is 6.44. The van der Waals surface area contributed by atoms with Crippen LogP contribution in [0.4, 0.5) is 5.69 Å². The molecule has 0 saturated carbocycles. The molecule has 2 aromatic carbocycles. The van der Waals surface area contributed by atoms with E-state index in [1.54, 1.807) is 0 Å². The summed E-state index contributed by atoms with van der Waals surface area (Å²) in [6, 6.07) is 8.75. The van der Waals surface area contributed by atoms with Crippen LogP contribution in [0.3, 0.4) is 0 Å². The van der Waals surface area contributed by atoms with Crippen molar-refractivity contribution in [3.63, 3.8) is 0 Å². The van der Waals surface area contributed by atoms with E-state index in [4.69, 9.17) is 8.92 Å². The van der Waals surface area contributed by atoms with Crippen molar-refractivity contribution in [1.29, 1.82) is 0 Å². The molecule has 2 aromatic rings. The zero-order valence-corrected chi connectivity index (χ0v) is 14.1. The van der Waals surface area contributed by atoms with Crippen LogP contribution < -0.4 is 19.3 Å². The third-order valence-corrected chi connectivity index (χ3v) is 4.31. The number of hydrogen-bond acceptors (Lipinski definition) is 7. The number of benzene rings is 2. The van der Waals surface area contributed by atoms with Gasteiger partial charge < -0.3 is 24.1 Å². The van der Waals surface area contributed by atoms with Crippen LogP contribution in [0.25, 0.3) is 0 Å². The highest BCUT2D eigenvalue weighted by Crippen LogP contribution is 2.30. The molecule has 0 heterocycles. The largest absolute Gasteiger partial charge is 0.545 e. The number of ether oxygens (including phenoxy) is 1. The third-order valence-electron chi connectivity index (χ3n) is 3.06. The number of carbonyl (C=O) groups is 2. The lowest BCUT2D eigenvalue weighted by Gasteiger charge is -2.13. The molecule has 0 saturated heterocycles. The van der Waals surface area contributed by atoms with Gasteiger partial charge in [-0.2, -0.15) is 8.42 Å². The Morgan fingerprint density at radius 1 is 1.04 bits per heavy atom. The number of rotatable bonds is 6. The summed E-state index contributed by atoms with van der Waals surface area (Å²) in [6.45, 7) is 1.33. The summed E-state index contributed by atoms with van der Waals surface area (Å²) >= 11 is 0. The van der Waals surface area contributed by atoms with Crippen molar-refractivity contribution in [2.45, 2.75) is 11.8 Å². The Hall–Kier alpha value is -3.07. The first kappa shape index (κ1) is 18.3. The summed E-state index contributed by atoms with van der Waals surface area (Å²) in [5.74, 6) is -1.95. The highest BCUT2D eigenvalue weighted by molar-refractivity contribution is 7.87. The lowest BCUT2D eigenvalue weighted by molar-refractivity contribution is -0.255. The first-order chi connectivity index (χ1) is 11.7. The molecule has 9 heteroatoms. The molecule has 0 radical (unpaired) electrons. The molecule has 0 bridgehead atoms. The average molecular weight is 364 g/mol. The molecule has 0 unspecified atom stereocenters. The maximum absolute atomic E-state index is 12.3. The number of amides is 1. The molecule has 0 aliphatic carbocycles. The van der Waals surface area contributed by atoms with Crippen molar-refractivity contribution in [3.8, 4) is 11.5 Å². The van der Waals surface area contributed by atoms with E-state index >= 15 is 0 Å². The molecule has 0 spiro atoms. The van der Waals surface area contributed by atoms with Gasteiger partial charge >= 0.3 is 10.1 Å². The Balaban J connectivity index is 2.29. The Labute approximate surface area is 144 Å². The van der Waals surface area contributed by atoms with E-state index in [0.29, 0.717) is 5.69 Å². The first-order valence-corrected chi connectivity index (χ1v) is 8.35. The van der Waals surface area contributed by atoms with Crippen molar-refractivity contribution >= 4 is 27.7 Å². The van der Waals surface area contributed by atoms with Crippen LogP contribution >= 0.6 is 0 Å². The number of anilines is 1. The zero-order valence-electron chi connectivity index (χ0n) is 13.3. The fourth-order valence-corrected chi connectivity index (χ4v) is 2.88. The van der Waals surface area contributed by atoms with Gasteiger partial charge in [-0.15, -0.1) is 0 Å². The van der Waals surface area contributed by atoms with Crippen LogP contribution in [0.1, 0.15) is 17.3 Å². The van der Waals surface area contributed by atoms with Gasteiger partial charge in [0, 0.05) is 18.2 Å². The molecule has 1 amide bonds. The number of carboxylic acid groups (broad SMARTS) is 1. The molecule has 0 aliphatic heterocycles. The van der Waals surface area contributed by atoms with Crippen molar-refractivity contribution in [1.82, 2.24) is 0 Å². The number of carboxylic acids is 1. The van der Waals surface area contributed by atoms with Gasteiger partial charge in [0.25, 0.3) is 0 Å². The second-order valence-electron chi connectivity index (χ2n) is 4.90. The smallest absolute Gasteiger partial charge is 0.339 e. The maximum Gasteiger partial charge on any atom is 0.339 e. The minimum Gasteiger partial charge on any atom is -0.545 e. The molecule has 8 nitrogen and oxygen atoms in total. The fraction of sp³-hybridized carbons (Fsp3) is 0.125. The molecule has 0 fully saturated rings. The topological polar surface area (TPSA) is 122 Å². The van der Waals surface area contributed by atoms with Crippen LogP contribution in [-0.2, 0) is 14.9 Å². The summed E-state index contributed by atoms with van der Waals surface area (Å²) in [6.07, 6.45) is 0. The highest BCUT2D eigenvalue weighted by atomic mass is 32.2. The molecule has 0 aromatic heterocycles. The van der Waals surface area contributed by atoms with Crippen molar-refractivity contribution in [3.05, 3.63) is 48.0 Å². The van der Waals surface area contributed by atoms with Crippen molar-refractivity contribution in [2.75, 3.05) is 12.4 Å². The maximum atomic E-state index is 12.3. The van der Waals surface area contributed by atoms with E-state index in [2.05, 4.69) is 5.32 Å². The van der Waals surface area contributed by atoms with Gasteiger partial charge in [-0.3, -0.25) is 4.79 Å². The van der Waals surface area contributed by atoms with Crippen molar-refractivity contribution < 1.29 is 32.0 Å². The monoisotopic (exact) mass is 364 g/mol. The van der Waals surface area contributed by atoms with Crippen LogP contribution in [0, 0.1) is 0 Å². The van der Waals surface area contributed by atoms with E-state index in [1.807, 2.05) is 0 Å². The molecular formula is C16H14NO7S-. The number of hydrogen-bond donors (Lipinski definition) is 1. The van der Waals surface area contributed by atoms with Crippen LogP contribution in [0.5, 0.6) is 11.5 Å². The van der Waals surface area contributed by atoms with E-state index < -0.39 is 16.1 Å². The van der Waals surface area contributed by atoms with Gasteiger partial charge in [0.2, 0.25) is 5.91 Å². The fourth-order valence-electron chi connectivity index (χ4n) is 1.94. The van der Waals surface area contributed by atoms with Crippen LogP contribution in [0.2, 0.25) is 0 Å². The lowest BCUT2D eigenvalue weighted by Crippen LogP contribution is -2.22. The molecule has 0 atom stereocenters. The van der Waals surface area contributed by atoms with Gasteiger partial charge in [-0.05, 0) is 42.5 Å². The van der Waals surface area contributed by atoms with Crippen molar-refractivity contribution in [2.24, 2.45) is 0 Å². The molecule has 0 aliphatic rings. The quantitative estimate of drug-likeness (QED) is 0.752. The Morgan fingerprint density at radius 3 is 2.20 bits per heavy atom. The predicted octanol–water partition coefficient (Wildman–Crippen LogP) is 0.785. The Kier molecular flexibility index (Phi) is 5.28. The second kappa shape index (κ2) is 7.22. The average Bonchev–Trinajstić information content (AvgIpc) is 2.54. The molecule has 25 heavy (non-hydrogen) atoms. The third kappa shape index (κ3) is 4.48. The van der Waals surface area contributed by atoms with Crippen LogP contribution in [-0.4, -0.2) is 27.4 Å². The first-order valence-electron chi connectivity index (χ1n) is 6.94. The summed E-state index contributed by atoms with van der Waals surface area (Å²) in [5.41, 5.74) is 0.253. The zero-order chi connectivity index (χ0) is 18.6. The molecule has 2 rings (SSSR count). The highest BCUT2D eigenvalue weighted by Gasteiger charge is 2.19. The molecule has 1 N–H and O–H groups in total. The summed E-state index contributed by atoms with van der Waals surface area (Å²) in [5, 5.41) is 13.4. The van der Waals surface area contributed by atoms with Gasteiger partial charge in [0.1, 0.15) is 4.90 Å². The SMILES string of the molecule is COc1cc(C(=O)[O-])ccc1OS(=O)(=O)c1ccc(NC(C)=O)cc1. The van der Waals surface area contributed by atoms with Gasteiger partial charge in [-0.1, -0.05) is 0 Å². The van der Waals surface area contributed by atoms with Gasteiger partial charge in [-0.25, -0.2) is 0 Å². The number of methoxy groups -OCH3 is 1. The van der Waals surface area contributed by atoms with Gasteiger partial charge in [0.05, 0.1) is 13.1 Å². The summed E-state index contributed by atoms with van der Waals surface area (Å²) in [7, 11) is -2.93. The predicted molar refractivity (Wildman–Crippen MR) is 85.9 cm³/mol. The Morgan fingerprint density at radius 2 is 1.68 bits per heavy atom. The van der Waals surface area contributed by atoms with E-state index in [-0.39, 0.29) is 27.9 Å². The molecule has 132 valence electrons. The molecular weight excluding hydrogens is 350 g/mol. The Bertz CT molecular complexity index is 905. The number of aromatic carboxylic acids is 1. The number of carbonyl (C=O) groups excluding carboxylic acids is 2. The van der Waals surface area contributed by atoms with E-state index in [0.717, 1.165) is 18.2 Å². The van der Waals surface area contributed by atoms with E-state index in [9.17, 15) is 23.1 Å². The minimum absolute atomic E-state index is 0.0693.